The molecule has 2 aromatic carbocycles. The number of amides is 1. The highest BCUT2D eigenvalue weighted by atomic mass is 79.9. The highest BCUT2D eigenvalue weighted by Crippen LogP contribution is 2.35. The molecule has 1 fully saturated rings. The maximum Gasteiger partial charge on any atom is 0.227 e. The third-order valence-corrected chi connectivity index (χ3v) is 4.27. The first-order chi connectivity index (χ1) is 9.75. The zero-order valence-corrected chi connectivity index (χ0v) is 12.7. The monoisotopic (exact) mass is 329 g/mol. The number of halogens is 1. The van der Waals surface area contributed by atoms with Gasteiger partial charge in [-0.05, 0) is 42.7 Å². The van der Waals surface area contributed by atoms with Crippen molar-refractivity contribution in [3.8, 4) is 0 Å². The molecule has 0 spiro atoms. The maximum absolute atomic E-state index is 12.4. The zero-order valence-electron chi connectivity index (χ0n) is 11.1. The normalized spacial score (nSPS) is 19.1. The Morgan fingerprint density at radius 2 is 1.70 bits per heavy atom. The number of benzene rings is 2. The first kappa shape index (κ1) is 13.4. The minimum atomic E-state index is 0.145. The number of hydrogen-bond donors (Lipinski definition) is 0. The van der Waals surface area contributed by atoms with Crippen LogP contribution >= 0.6 is 15.9 Å². The summed E-state index contributed by atoms with van der Waals surface area (Å²) in [6.07, 6.45) is 2.62. The minimum Gasteiger partial charge on any atom is -0.305 e. The lowest BCUT2D eigenvalue weighted by atomic mass is 9.94. The Hall–Kier alpha value is -1.61. The van der Waals surface area contributed by atoms with Crippen molar-refractivity contribution in [1.29, 1.82) is 0 Å². The van der Waals surface area contributed by atoms with Crippen LogP contribution in [0.1, 0.15) is 30.9 Å². The molecule has 0 unspecified atom stereocenters. The molecule has 102 valence electrons. The van der Waals surface area contributed by atoms with Crippen LogP contribution in [0.3, 0.4) is 0 Å². The molecule has 1 amide bonds. The van der Waals surface area contributed by atoms with Crippen molar-refractivity contribution < 1.29 is 4.79 Å². The van der Waals surface area contributed by atoms with E-state index in [0.29, 0.717) is 6.42 Å². The zero-order chi connectivity index (χ0) is 13.9. The number of carbonyl (C=O) groups is 1. The molecule has 1 saturated heterocycles. The molecule has 2 aromatic rings. The Balaban J connectivity index is 1.98. The van der Waals surface area contributed by atoms with Gasteiger partial charge in [-0.25, -0.2) is 0 Å². The Kier molecular flexibility index (Phi) is 3.88. The fourth-order valence-electron chi connectivity index (χ4n) is 2.78. The number of para-hydroxylation sites is 1. The average Bonchev–Trinajstić information content (AvgIpc) is 2.49. The van der Waals surface area contributed by atoms with Gasteiger partial charge in [0.15, 0.2) is 0 Å². The van der Waals surface area contributed by atoms with Crippen LogP contribution in [0.4, 0.5) is 5.69 Å². The van der Waals surface area contributed by atoms with Crippen molar-refractivity contribution in [2.24, 2.45) is 0 Å². The van der Waals surface area contributed by atoms with Gasteiger partial charge in [-0.1, -0.05) is 46.3 Å². The quantitative estimate of drug-likeness (QED) is 0.781. The van der Waals surface area contributed by atoms with Crippen molar-refractivity contribution in [3.05, 3.63) is 64.6 Å². The molecule has 1 aliphatic heterocycles. The van der Waals surface area contributed by atoms with E-state index in [4.69, 9.17) is 0 Å². The SMILES string of the molecule is O=C1CCC[C@H](c2ccc(Br)cc2)N1c1ccccc1. The molecule has 0 bridgehead atoms. The number of carbonyl (C=O) groups excluding carboxylic acids is 1. The van der Waals surface area contributed by atoms with Gasteiger partial charge in [0.1, 0.15) is 0 Å². The van der Waals surface area contributed by atoms with E-state index < -0.39 is 0 Å². The first-order valence-electron chi connectivity index (χ1n) is 6.88. The van der Waals surface area contributed by atoms with Gasteiger partial charge >= 0.3 is 0 Å². The highest BCUT2D eigenvalue weighted by Gasteiger charge is 2.30. The van der Waals surface area contributed by atoms with Crippen molar-refractivity contribution >= 4 is 27.5 Å². The van der Waals surface area contributed by atoms with E-state index in [1.807, 2.05) is 47.4 Å². The summed E-state index contributed by atoms with van der Waals surface area (Å²) in [5, 5.41) is 0. The van der Waals surface area contributed by atoms with Crippen molar-refractivity contribution in [2.45, 2.75) is 25.3 Å². The summed E-state index contributed by atoms with van der Waals surface area (Å²) in [5.74, 6) is 0.218. The van der Waals surface area contributed by atoms with E-state index >= 15 is 0 Å². The molecule has 0 aliphatic carbocycles. The first-order valence-corrected chi connectivity index (χ1v) is 7.67. The summed E-state index contributed by atoms with van der Waals surface area (Å²) >= 11 is 3.46. The third kappa shape index (κ3) is 2.63. The van der Waals surface area contributed by atoms with Crippen LogP contribution in [-0.2, 0) is 4.79 Å². The van der Waals surface area contributed by atoms with Gasteiger partial charge in [0, 0.05) is 16.6 Å². The molecule has 1 heterocycles. The molecule has 3 rings (SSSR count). The van der Waals surface area contributed by atoms with E-state index in [2.05, 4.69) is 28.1 Å². The lowest BCUT2D eigenvalue weighted by Gasteiger charge is -2.36. The van der Waals surface area contributed by atoms with Crippen LogP contribution < -0.4 is 4.90 Å². The third-order valence-electron chi connectivity index (χ3n) is 3.74. The molecule has 20 heavy (non-hydrogen) atoms. The molecular formula is C17H16BrNO. The van der Waals surface area contributed by atoms with Gasteiger partial charge in [-0.15, -0.1) is 0 Å². The second-order valence-corrected chi connectivity index (χ2v) is 5.97. The van der Waals surface area contributed by atoms with E-state index in [1.165, 1.54) is 5.56 Å². The fourth-order valence-corrected chi connectivity index (χ4v) is 3.05. The molecule has 3 heteroatoms. The van der Waals surface area contributed by atoms with Crippen LogP contribution in [-0.4, -0.2) is 5.91 Å². The van der Waals surface area contributed by atoms with E-state index in [1.54, 1.807) is 0 Å². The van der Waals surface area contributed by atoms with Crippen molar-refractivity contribution in [1.82, 2.24) is 0 Å². The molecule has 1 aliphatic rings. The van der Waals surface area contributed by atoms with Crippen LogP contribution in [0, 0.1) is 0 Å². The molecule has 2 nitrogen and oxygen atoms in total. The van der Waals surface area contributed by atoms with Gasteiger partial charge in [0.25, 0.3) is 0 Å². The average molecular weight is 330 g/mol. The van der Waals surface area contributed by atoms with E-state index in [-0.39, 0.29) is 11.9 Å². The van der Waals surface area contributed by atoms with Crippen LogP contribution in [0.25, 0.3) is 0 Å². The number of anilines is 1. The van der Waals surface area contributed by atoms with Crippen molar-refractivity contribution in [3.63, 3.8) is 0 Å². The summed E-state index contributed by atoms with van der Waals surface area (Å²) in [7, 11) is 0. The summed E-state index contributed by atoms with van der Waals surface area (Å²) in [5.41, 5.74) is 2.19. The summed E-state index contributed by atoms with van der Waals surface area (Å²) in [6, 6.07) is 18.4. The Bertz CT molecular complexity index is 594. The highest BCUT2D eigenvalue weighted by molar-refractivity contribution is 9.10. The molecule has 0 saturated carbocycles. The Morgan fingerprint density at radius 1 is 1.00 bits per heavy atom. The lowest BCUT2D eigenvalue weighted by Crippen LogP contribution is -2.38. The molecule has 1 atom stereocenters. The van der Waals surface area contributed by atoms with Crippen molar-refractivity contribution in [2.75, 3.05) is 4.90 Å². The van der Waals surface area contributed by atoms with Gasteiger partial charge in [-0.2, -0.15) is 0 Å². The van der Waals surface area contributed by atoms with Crippen LogP contribution in [0.2, 0.25) is 0 Å². The fraction of sp³-hybridized carbons (Fsp3) is 0.235. The second-order valence-electron chi connectivity index (χ2n) is 5.06. The van der Waals surface area contributed by atoms with Gasteiger partial charge in [-0.3, -0.25) is 4.79 Å². The summed E-state index contributed by atoms with van der Waals surface area (Å²) in [4.78, 5) is 14.3. The van der Waals surface area contributed by atoms with Gasteiger partial charge in [0.2, 0.25) is 5.91 Å². The maximum atomic E-state index is 12.4. The number of rotatable bonds is 2. The molecule has 0 radical (unpaired) electrons. The Morgan fingerprint density at radius 3 is 2.40 bits per heavy atom. The lowest BCUT2D eigenvalue weighted by molar-refractivity contribution is -0.120. The molecular weight excluding hydrogens is 314 g/mol. The van der Waals surface area contributed by atoms with Gasteiger partial charge in [0.05, 0.1) is 6.04 Å². The number of piperidine rings is 1. The predicted octanol–water partition coefficient (Wildman–Crippen LogP) is 4.71. The summed E-state index contributed by atoms with van der Waals surface area (Å²) < 4.78 is 1.06. The van der Waals surface area contributed by atoms with E-state index in [9.17, 15) is 4.79 Å². The standard InChI is InChI=1S/C17H16BrNO/c18-14-11-9-13(10-12-14)16-7-4-8-17(20)19(16)15-5-2-1-3-6-15/h1-3,5-6,9-12,16H,4,7-8H2/t16-/m1/s1. The van der Waals surface area contributed by atoms with E-state index in [0.717, 1.165) is 23.0 Å². The number of nitrogens with zero attached hydrogens (tertiary/aromatic N) is 1. The predicted molar refractivity (Wildman–Crippen MR) is 84.7 cm³/mol. The van der Waals surface area contributed by atoms with Gasteiger partial charge < -0.3 is 4.90 Å². The molecule has 0 N–H and O–H groups in total. The summed E-state index contributed by atoms with van der Waals surface area (Å²) in [6.45, 7) is 0. The number of hydrogen-bond acceptors (Lipinski definition) is 1. The smallest absolute Gasteiger partial charge is 0.227 e. The second kappa shape index (κ2) is 5.80. The topological polar surface area (TPSA) is 20.3 Å². The molecule has 0 aromatic heterocycles. The van der Waals surface area contributed by atoms with Crippen LogP contribution in [0.5, 0.6) is 0 Å². The largest absolute Gasteiger partial charge is 0.305 e. The minimum absolute atomic E-state index is 0.145. The Labute approximate surface area is 127 Å². The van der Waals surface area contributed by atoms with Crippen LogP contribution in [0.15, 0.2) is 59.1 Å².